The topological polar surface area (TPSA) is 38.3 Å². The molecular weight excluding hydrogens is 286 g/mol. The largest absolute Gasteiger partial charge is 0.496 e. The van der Waals surface area contributed by atoms with Crippen molar-refractivity contribution in [1.29, 1.82) is 0 Å². The van der Waals surface area contributed by atoms with Gasteiger partial charge in [-0.15, -0.1) is 0 Å². The molecule has 0 aliphatic rings. The number of hydrogen-bond donors (Lipinski definition) is 1. The summed E-state index contributed by atoms with van der Waals surface area (Å²) in [6.07, 6.45) is 0.297. The highest BCUT2D eigenvalue weighted by Gasteiger charge is 2.14. The number of nitrogens with one attached hydrogen (secondary N) is 1. The van der Waals surface area contributed by atoms with E-state index < -0.39 is 0 Å². The third kappa shape index (κ3) is 4.59. The van der Waals surface area contributed by atoms with E-state index in [1.807, 2.05) is 37.3 Å². The van der Waals surface area contributed by atoms with Crippen molar-refractivity contribution in [3.63, 3.8) is 0 Å². The molecule has 0 aliphatic heterocycles. The molecule has 1 amide bonds. The average Bonchev–Trinajstić information content (AvgIpc) is 2.47. The Kier molecular flexibility index (Phi) is 5.09. The highest BCUT2D eigenvalue weighted by molar-refractivity contribution is 5.92. The molecule has 2 aromatic carbocycles. The summed E-state index contributed by atoms with van der Waals surface area (Å²) in [7, 11) is 1.62. The van der Waals surface area contributed by atoms with E-state index in [2.05, 4.69) is 38.2 Å². The van der Waals surface area contributed by atoms with Crippen LogP contribution in [-0.4, -0.2) is 13.0 Å². The Hall–Kier alpha value is -2.29. The maximum atomic E-state index is 12.3. The van der Waals surface area contributed by atoms with E-state index in [1.54, 1.807) is 7.11 Å². The minimum Gasteiger partial charge on any atom is -0.496 e. The Morgan fingerprint density at radius 1 is 1.09 bits per heavy atom. The van der Waals surface area contributed by atoms with E-state index in [4.69, 9.17) is 4.74 Å². The Balaban J connectivity index is 2.07. The molecule has 0 aliphatic carbocycles. The first-order chi connectivity index (χ1) is 10.8. The van der Waals surface area contributed by atoms with Crippen LogP contribution in [0.25, 0.3) is 0 Å². The monoisotopic (exact) mass is 311 g/mol. The van der Waals surface area contributed by atoms with Crippen LogP contribution in [0.3, 0.4) is 0 Å². The maximum absolute atomic E-state index is 12.3. The van der Waals surface area contributed by atoms with Gasteiger partial charge < -0.3 is 10.1 Å². The molecule has 0 fully saturated rings. The van der Waals surface area contributed by atoms with Crippen molar-refractivity contribution < 1.29 is 9.53 Å². The lowest BCUT2D eigenvalue weighted by atomic mass is 9.87. The van der Waals surface area contributed by atoms with Gasteiger partial charge in [0.25, 0.3) is 0 Å². The standard InChI is InChI=1S/C20H25NO2/c1-14-6-11-18(23-5)15(12-14)13-19(22)21-17-9-7-16(8-10-17)20(2,3)4/h6-12H,13H2,1-5H3,(H,21,22). The van der Waals surface area contributed by atoms with Gasteiger partial charge in [0.15, 0.2) is 0 Å². The zero-order chi connectivity index (χ0) is 17.0. The molecule has 1 N–H and O–H groups in total. The smallest absolute Gasteiger partial charge is 0.228 e. The predicted octanol–water partition coefficient (Wildman–Crippen LogP) is 4.48. The van der Waals surface area contributed by atoms with Gasteiger partial charge >= 0.3 is 0 Å². The van der Waals surface area contributed by atoms with Gasteiger partial charge in [0.1, 0.15) is 5.75 Å². The number of benzene rings is 2. The number of rotatable bonds is 4. The molecule has 0 bridgehead atoms. The second-order valence-corrected chi connectivity index (χ2v) is 6.87. The lowest BCUT2D eigenvalue weighted by Gasteiger charge is -2.19. The normalized spacial score (nSPS) is 11.2. The fraction of sp³-hybridized carbons (Fsp3) is 0.350. The Morgan fingerprint density at radius 2 is 1.74 bits per heavy atom. The molecule has 3 nitrogen and oxygen atoms in total. The Morgan fingerprint density at radius 3 is 2.30 bits per heavy atom. The summed E-state index contributed by atoms with van der Waals surface area (Å²) in [5, 5.41) is 2.95. The summed E-state index contributed by atoms with van der Waals surface area (Å²) >= 11 is 0. The fourth-order valence-corrected chi connectivity index (χ4v) is 2.48. The van der Waals surface area contributed by atoms with Crippen molar-refractivity contribution in [3.05, 3.63) is 59.2 Å². The van der Waals surface area contributed by atoms with Gasteiger partial charge in [-0.05, 0) is 36.1 Å². The lowest BCUT2D eigenvalue weighted by molar-refractivity contribution is -0.115. The number of carbonyl (C=O) groups is 1. The molecule has 122 valence electrons. The van der Waals surface area contributed by atoms with Gasteiger partial charge in [-0.1, -0.05) is 50.6 Å². The second-order valence-electron chi connectivity index (χ2n) is 6.87. The van der Waals surface area contributed by atoms with Gasteiger partial charge in [-0.25, -0.2) is 0 Å². The van der Waals surface area contributed by atoms with Crippen LogP contribution in [0.1, 0.15) is 37.5 Å². The molecule has 23 heavy (non-hydrogen) atoms. The first-order valence-corrected chi connectivity index (χ1v) is 7.83. The summed E-state index contributed by atoms with van der Waals surface area (Å²) in [5.74, 6) is 0.700. The van der Waals surface area contributed by atoms with Crippen molar-refractivity contribution in [3.8, 4) is 5.75 Å². The highest BCUT2D eigenvalue weighted by Crippen LogP contribution is 2.24. The van der Waals surface area contributed by atoms with Crippen LogP contribution in [0.5, 0.6) is 5.75 Å². The van der Waals surface area contributed by atoms with Crippen LogP contribution in [0.2, 0.25) is 0 Å². The molecular formula is C20H25NO2. The zero-order valence-electron chi connectivity index (χ0n) is 14.6. The van der Waals surface area contributed by atoms with E-state index in [0.29, 0.717) is 6.42 Å². The first-order valence-electron chi connectivity index (χ1n) is 7.83. The van der Waals surface area contributed by atoms with Crippen molar-refractivity contribution in [2.75, 3.05) is 12.4 Å². The maximum Gasteiger partial charge on any atom is 0.228 e. The zero-order valence-corrected chi connectivity index (χ0v) is 14.6. The van der Waals surface area contributed by atoms with Crippen molar-refractivity contribution in [2.24, 2.45) is 0 Å². The summed E-state index contributed by atoms with van der Waals surface area (Å²) < 4.78 is 5.32. The van der Waals surface area contributed by atoms with Crippen LogP contribution < -0.4 is 10.1 Å². The molecule has 0 saturated heterocycles. The Bertz CT molecular complexity index is 682. The van der Waals surface area contributed by atoms with E-state index in [1.165, 1.54) is 5.56 Å². The van der Waals surface area contributed by atoms with Crippen LogP contribution >= 0.6 is 0 Å². The van der Waals surface area contributed by atoms with E-state index in [-0.39, 0.29) is 11.3 Å². The van der Waals surface area contributed by atoms with E-state index >= 15 is 0 Å². The SMILES string of the molecule is COc1ccc(C)cc1CC(=O)Nc1ccc(C(C)(C)C)cc1. The molecule has 0 aromatic heterocycles. The number of hydrogen-bond acceptors (Lipinski definition) is 2. The molecule has 0 spiro atoms. The number of carbonyl (C=O) groups excluding carboxylic acids is 1. The Labute approximate surface area is 138 Å². The first kappa shape index (κ1) is 17.1. The second kappa shape index (κ2) is 6.86. The third-order valence-corrected chi connectivity index (χ3v) is 3.82. The quantitative estimate of drug-likeness (QED) is 0.904. The molecule has 0 atom stereocenters. The van der Waals surface area contributed by atoms with Gasteiger partial charge in [0.2, 0.25) is 5.91 Å². The summed E-state index contributed by atoms with van der Waals surface area (Å²) in [6.45, 7) is 8.52. The number of aryl methyl sites for hydroxylation is 1. The van der Waals surface area contributed by atoms with Gasteiger partial charge in [0, 0.05) is 11.3 Å². The van der Waals surface area contributed by atoms with Crippen molar-refractivity contribution in [2.45, 2.75) is 39.5 Å². The lowest BCUT2D eigenvalue weighted by Crippen LogP contribution is -2.15. The predicted molar refractivity (Wildman–Crippen MR) is 95.2 cm³/mol. The van der Waals surface area contributed by atoms with Crippen molar-refractivity contribution in [1.82, 2.24) is 0 Å². The van der Waals surface area contributed by atoms with E-state index in [9.17, 15) is 4.79 Å². The average molecular weight is 311 g/mol. The van der Waals surface area contributed by atoms with E-state index in [0.717, 1.165) is 22.6 Å². The van der Waals surface area contributed by atoms with Gasteiger partial charge in [0.05, 0.1) is 13.5 Å². The molecule has 3 heteroatoms. The number of amides is 1. The van der Waals surface area contributed by atoms with Crippen LogP contribution in [-0.2, 0) is 16.6 Å². The molecule has 0 saturated carbocycles. The third-order valence-electron chi connectivity index (χ3n) is 3.82. The summed E-state index contributed by atoms with van der Waals surface area (Å²) in [6, 6.07) is 13.9. The summed E-state index contributed by atoms with van der Waals surface area (Å²) in [4.78, 5) is 12.3. The minimum absolute atomic E-state index is 0.0441. The number of methoxy groups -OCH3 is 1. The van der Waals surface area contributed by atoms with Crippen molar-refractivity contribution >= 4 is 11.6 Å². The molecule has 0 unspecified atom stereocenters. The van der Waals surface area contributed by atoms with Gasteiger partial charge in [-0.3, -0.25) is 4.79 Å². The highest BCUT2D eigenvalue weighted by atomic mass is 16.5. The van der Waals surface area contributed by atoms with Crippen LogP contribution in [0, 0.1) is 6.92 Å². The minimum atomic E-state index is -0.0441. The fourth-order valence-electron chi connectivity index (χ4n) is 2.48. The molecule has 2 aromatic rings. The number of ether oxygens (including phenoxy) is 1. The molecule has 0 heterocycles. The number of anilines is 1. The van der Waals surface area contributed by atoms with Gasteiger partial charge in [-0.2, -0.15) is 0 Å². The van der Waals surface area contributed by atoms with Crippen LogP contribution in [0.15, 0.2) is 42.5 Å². The molecule has 0 radical (unpaired) electrons. The molecule has 2 rings (SSSR count). The van der Waals surface area contributed by atoms with Crippen LogP contribution in [0.4, 0.5) is 5.69 Å². The summed E-state index contributed by atoms with van der Waals surface area (Å²) in [5.41, 5.74) is 4.18.